The molecule has 19 heavy (non-hydrogen) atoms. The summed E-state index contributed by atoms with van der Waals surface area (Å²) >= 11 is 3.43. The van der Waals surface area contributed by atoms with Gasteiger partial charge in [-0.25, -0.2) is 4.79 Å². The number of urea groups is 1. The Balaban J connectivity index is 2.68. The molecule has 3 N–H and O–H groups in total. The first kappa shape index (κ1) is 16.0. The monoisotopic (exact) mass is 328 g/mol. The number of anilines is 1. The van der Waals surface area contributed by atoms with Gasteiger partial charge in [0.15, 0.2) is 0 Å². The predicted octanol–water partition coefficient (Wildman–Crippen LogP) is 3.32. The molecule has 0 fully saturated rings. The highest BCUT2D eigenvalue weighted by molar-refractivity contribution is 9.10. The van der Waals surface area contributed by atoms with E-state index in [4.69, 9.17) is 5.11 Å². The van der Waals surface area contributed by atoms with Gasteiger partial charge in [-0.2, -0.15) is 0 Å². The molecule has 0 radical (unpaired) electrons. The minimum absolute atomic E-state index is 0.0558. The van der Waals surface area contributed by atoms with Gasteiger partial charge in [-0.15, -0.1) is 0 Å². The molecular formula is C14H21BrN2O2. The summed E-state index contributed by atoms with van der Waals surface area (Å²) in [6.07, 6.45) is 0. The lowest BCUT2D eigenvalue weighted by Gasteiger charge is -2.16. The molecule has 0 spiro atoms. The Kier molecular flexibility index (Phi) is 6.31. The van der Waals surface area contributed by atoms with Crippen LogP contribution in [0.2, 0.25) is 0 Å². The summed E-state index contributed by atoms with van der Waals surface area (Å²) < 4.78 is 0.996. The van der Waals surface area contributed by atoms with E-state index in [1.54, 1.807) is 0 Å². The largest absolute Gasteiger partial charge is 0.396 e. The molecule has 0 aliphatic carbocycles. The fourth-order valence-corrected chi connectivity index (χ4v) is 2.00. The molecule has 5 heteroatoms. The quantitative estimate of drug-likeness (QED) is 0.776. The van der Waals surface area contributed by atoms with Crippen LogP contribution in [0.1, 0.15) is 32.3 Å². The Bertz CT molecular complexity index is 435. The Labute approximate surface area is 122 Å². The number of carbonyl (C=O) groups is 1. The van der Waals surface area contributed by atoms with Gasteiger partial charge in [-0.05, 0) is 35.6 Å². The topological polar surface area (TPSA) is 61.4 Å². The van der Waals surface area contributed by atoms with Gasteiger partial charge >= 0.3 is 6.03 Å². The first-order chi connectivity index (χ1) is 8.93. The van der Waals surface area contributed by atoms with Crippen LogP contribution < -0.4 is 10.6 Å². The summed E-state index contributed by atoms with van der Waals surface area (Å²) in [5.74, 6) is 0.379. The van der Waals surface area contributed by atoms with Crippen LogP contribution in [-0.2, 0) is 0 Å². The standard InChI is InChI=1S/C14H21BrN2O2/c1-9(2)12-6-11(15)4-5-13(12)17-14(19)16-7-10(3)8-18/h4-6,9-10,18H,7-8H2,1-3H3,(H2,16,17,19)/t10-/m0/s1. The van der Waals surface area contributed by atoms with Crippen molar-refractivity contribution in [1.29, 1.82) is 0 Å². The zero-order valence-corrected chi connectivity index (χ0v) is 13.1. The van der Waals surface area contributed by atoms with Crippen molar-refractivity contribution in [3.8, 4) is 0 Å². The molecule has 0 aliphatic rings. The van der Waals surface area contributed by atoms with Gasteiger partial charge in [0.05, 0.1) is 0 Å². The number of rotatable bonds is 5. The third-order valence-corrected chi connectivity index (χ3v) is 3.30. The van der Waals surface area contributed by atoms with Crippen LogP contribution in [0.15, 0.2) is 22.7 Å². The molecule has 0 bridgehead atoms. The smallest absolute Gasteiger partial charge is 0.319 e. The second-order valence-electron chi connectivity index (χ2n) is 5.01. The van der Waals surface area contributed by atoms with Crippen LogP contribution >= 0.6 is 15.9 Å². The lowest BCUT2D eigenvalue weighted by molar-refractivity contribution is 0.227. The van der Waals surface area contributed by atoms with Crippen LogP contribution in [0, 0.1) is 5.92 Å². The molecule has 1 aromatic rings. The van der Waals surface area contributed by atoms with Crippen LogP contribution in [-0.4, -0.2) is 24.3 Å². The lowest BCUT2D eigenvalue weighted by atomic mass is 10.0. The van der Waals surface area contributed by atoms with Crippen molar-refractivity contribution in [1.82, 2.24) is 5.32 Å². The van der Waals surface area contributed by atoms with Crippen molar-refractivity contribution < 1.29 is 9.90 Å². The summed E-state index contributed by atoms with van der Waals surface area (Å²) in [7, 11) is 0. The summed E-state index contributed by atoms with van der Waals surface area (Å²) in [5, 5.41) is 14.5. The van der Waals surface area contributed by atoms with E-state index in [-0.39, 0.29) is 18.6 Å². The molecule has 0 aliphatic heterocycles. The number of aliphatic hydroxyl groups excluding tert-OH is 1. The molecular weight excluding hydrogens is 308 g/mol. The van der Waals surface area contributed by atoms with Gasteiger partial charge in [-0.1, -0.05) is 36.7 Å². The average Bonchev–Trinajstić information content (AvgIpc) is 2.37. The summed E-state index contributed by atoms with van der Waals surface area (Å²) in [6, 6.07) is 5.55. The molecule has 0 saturated heterocycles. The maximum Gasteiger partial charge on any atom is 0.319 e. The van der Waals surface area contributed by atoms with E-state index in [2.05, 4.69) is 40.4 Å². The van der Waals surface area contributed by atoms with Crippen LogP contribution in [0.25, 0.3) is 0 Å². The van der Waals surface area contributed by atoms with Gasteiger partial charge in [0, 0.05) is 23.3 Å². The van der Waals surface area contributed by atoms with E-state index in [9.17, 15) is 4.79 Å². The second kappa shape index (κ2) is 7.50. The molecule has 1 rings (SSSR count). The minimum Gasteiger partial charge on any atom is -0.396 e. The van der Waals surface area contributed by atoms with E-state index in [1.165, 1.54) is 0 Å². The third-order valence-electron chi connectivity index (χ3n) is 2.81. The highest BCUT2D eigenvalue weighted by Gasteiger charge is 2.10. The average molecular weight is 329 g/mol. The Morgan fingerprint density at radius 1 is 1.37 bits per heavy atom. The third kappa shape index (κ3) is 5.20. The minimum atomic E-state index is -0.246. The van der Waals surface area contributed by atoms with Crippen molar-refractivity contribution in [3.63, 3.8) is 0 Å². The molecule has 106 valence electrons. The van der Waals surface area contributed by atoms with E-state index >= 15 is 0 Å². The van der Waals surface area contributed by atoms with E-state index < -0.39 is 0 Å². The SMILES string of the molecule is CC(C)c1cc(Br)ccc1NC(=O)NC[C@H](C)CO. The zero-order valence-electron chi connectivity index (χ0n) is 11.5. The Hall–Kier alpha value is -1.07. The maximum atomic E-state index is 11.8. The highest BCUT2D eigenvalue weighted by atomic mass is 79.9. The van der Waals surface area contributed by atoms with Gasteiger partial charge in [-0.3, -0.25) is 0 Å². The van der Waals surface area contributed by atoms with Gasteiger partial charge < -0.3 is 15.7 Å². The number of halogens is 1. The van der Waals surface area contributed by atoms with Crippen molar-refractivity contribution in [3.05, 3.63) is 28.2 Å². The molecule has 0 unspecified atom stereocenters. The van der Waals surface area contributed by atoms with Crippen molar-refractivity contribution >= 4 is 27.6 Å². The van der Waals surface area contributed by atoms with E-state index in [0.717, 1.165) is 15.7 Å². The molecule has 1 aromatic carbocycles. The lowest BCUT2D eigenvalue weighted by Crippen LogP contribution is -2.33. The normalized spacial score (nSPS) is 12.3. The predicted molar refractivity (Wildman–Crippen MR) is 81.5 cm³/mol. The second-order valence-corrected chi connectivity index (χ2v) is 5.92. The number of aliphatic hydroxyl groups is 1. The van der Waals surface area contributed by atoms with Crippen LogP contribution in [0.4, 0.5) is 10.5 Å². The number of hydrogen-bond donors (Lipinski definition) is 3. The van der Waals surface area contributed by atoms with E-state index in [0.29, 0.717) is 12.5 Å². The zero-order chi connectivity index (χ0) is 14.4. The van der Waals surface area contributed by atoms with E-state index in [1.807, 2.05) is 25.1 Å². The summed E-state index contributed by atoms with van der Waals surface area (Å²) in [5.41, 5.74) is 1.90. The Morgan fingerprint density at radius 3 is 2.63 bits per heavy atom. The molecule has 0 saturated carbocycles. The van der Waals surface area contributed by atoms with Crippen LogP contribution in [0.5, 0.6) is 0 Å². The number of amides is 2. The number of benzene rings is 1. The molecule has 4 nitrogen and oxygen atoms in total. The van der Waals surface area contributed by atoms with Crippen LogP contribution in [0.3, 0.4) is 0 Å². The molecule has 0 aromatic heterocycles. The number of hydrogen-bond acceptors (Lipinski definition) is 2. The number of carbonyl (C=O) groups excluding carboxylic acids is 1. The molecule has 1 atom stereocenters. The fourth-order valence-electron chi connectivity index (χ4n) is 1.62. The van der Waals surface area contributed by atoms with Crippen molar-refractivity contribution in [2.45, 2.75) is 26.7 Å². The van der Waals surface area contributed by atoms with Gasteiger partial charge in [0.1, 0.15) is 0 Å². The fraction of sp³-hybridized carbons (Fsp3) is 0.500. The summed E-state index contributed by atoms with van der Waals surface area (Å²) in [4.78, 5) is 11.8. The highest BCUT2D eigenvalue weighted by Crippen LogP contribution is 2.27. The van der Waals surface area contributed by atoms with Crippen molar-refractivity contribution in [2.24, 2.45) is 5.92 Å². The first-order valence-corrected chi connectivity index (χ1v) is 7.18. The maximum absolute atomic E-state index is 11.8. The molecule has 0 heterocycles. The molecule has 2 amide bonds. The van der Waals surface area contributed by atoms with Crippen molar-refractivity contribution in [2.75, 3.05) is 18.5 Å². The summed E-state index contributed by atoms with van der Waals surface area (Å²) in [6.45, 7) is 6.56. The Morgan fingerprint density at radius 2 is 2.05 bits per heavy atom. The van der Waals surface area contributed by atoms with Gasteiger partial charge in [0.25, 0.3) is 0 Å². The van der Waals surface area contributed by atoms with Gasteiger partial charge in [0.2, 0.25) is 0 Å². The first-order valence-electron chi connectivity index (χ1n) is 6.39. The number of nitrogens with one attached hydrogen (secondary N) is 2.